The van der Waals surface area contributed by atoms with Crippen LogP contribution in [0.5, 0.6) is 5.75 Å². The van der Waals surface area contributed by atoms with Crippen molar-refractivity contribution in [3.05, 3.63) is 108 Å². The molecule has 4 heterocycles. The lowest BCUT2D eigenvalue weighted by molar-refractivity contribution is 0.414. The van der Waals surface area contributed by atoms with Gasteiger partial charge in [0.15, 0.2) is 5.11 Å². The summed E-state index contributed by atoms with van der Waals surface area (Å²) in [5.74, 6) is 0.770. The number of anilines is 1. The number of hydrogen-bond acceptors (Lipinski definition) is 4. The largest absolute Gasteiger partial charge is 0.495 e. The summed E-state index contributed by atoms with van der Waals surface area (Å²) in [6.07, 6.45) is 5.72. The Balaban J connectivity index is 1.63. The van der Waals surface area contributed by atoms with E-state index in [1.807, 2.05) is 73.1 Å². The smallest absolute Gasteiger partial charge is 0.174 e. The second kappa shape index (κ2) is 8.80. The van der Waals surface area contributed by atoms with Gasteiger partial charge in [0.2, 0.25) is 0 Å². The van der Waals surface area contributed by atoms with Crippen LogP contribution in [0.1, 0.15) is 29.2 Å². The molecule has 0 aliphatic carbocycles. The SMILES string of the molecule is COc1ccccc1N1C(=S)NC(c2ccccn2)C1c1cccn1Cc1ccccn1. The first-order chi connectivity index (χ1) is 15.8. The second-order valence-electron chi connectivity index (χ2n) is 7.55. The van der Waals surface area contributed by atoms with E-state index < -0.39 is 0 Å². The molecule has 0 amide bonds. The lowest BCUT2D eigenvalue weighted by atomic mass is 10.0. The number of ether oxygens (including phenoxy) is 1. The Kier molecular flexibility index (Phi) is 5.56. The summed E-state index contributed by atoms with van der Waals surface area (Å²) in [5.41, 5.74) is 3.96. The summed E-state index contributed by atoms with van der Waals surface area (Å²) in [6, 6.07) is 23.9. The molecule has 1 aliphatic heterocycles. The van der Waals surface area contributed by atoms with Crippen molar-refractivity contribution >= 4 is 23.0 Å². The molecule has 7 heteroatoms. The molecule has 0 radical (unpaired) electrons. The fraction of sp³-hybridized carbons (Fsp3) is 0.160. The maximum atomic E-state index is 5.84. The number of hydrogen-bond donors (Lipinski definition) is 1. The fourth-order valence-electron chi connectivity index (χ4n) is 4.25. The van der Waals surface area contributed by atoms with Gasteiger partial charge in [-0.2, -0.15) is 0 Å². The number of thiocarbonyl (C=S) groups is 1. The van der Waals surface area contributed by atoms with Crippen molar-refractivity contribution in [3.63, 3.8) is 0 Å². The van der Waals surface area contributed by atoms with Crippen LogP contribution in [0.3, 0.4) is 0 Å². The predicted molar refractivity (Wildman–Crippen MR) is 129 cm³/mol. The third kappa shape index (κ3) is 3.71. The molecule has 160 valence electrons. The number of rotatable bonds is 6. The first-order valence-electron chi connectivity index (χ1n) is 10.4. The van der Waals surface area contributed by atoms with Gasteiger partial charge in [0, 0.05) is 24.3 Å². The van der Waals surface area contributed by atoms with Gasteiger partial charge in [-0.05, 0) is 60.7 Å². The molecule has 32 heavy (non-hydrogen) atoms. The van der Waals surface area contributed by atoms with Gasteiger partial charge >= 0.3 is 0 Å². The highest BCUT2D eigenvalue weighted by Crippen LogP contribution is 2.44. The van der Waals surface area contributed by atoms with Crippen LogP contribution in [-0.4, -0.2) is 26.8 Å². The van der Waals surface area contributed by atoms with E-state index in [4.69, 9.17) is 17.0 Å². The van der Waals surface area contributed by atoms with E-state index in [1.165, 1.54) is 0 Å². The number of benzene rings is 1. The van der Waals surface area contributed by atoms with E-state index in [9.17, 15) is 0 Å². The molecule has 0 spiro atoms. The van der Waals surface area contributed by atoms with Crippen LogP contribution in [0, 0.1) is 0 Å². The Hall–Kier alpha value is -3.71. The average Bonchev–Trinajstić information content (AvgIpc) is 3.43. The second-order valence-corrected chi connectivity index (χ2v) is 7.94. The molecule has 2 unspecified atom stereocenters. The number of nitrogens with zero attached hydrogens (tertiary/aromatic N) is 4. The molecule has 4 aromatic rings. The van der Waals surface area contributed by atoms with Gasteiger partial charge in [-0.25, -0.2) is 0 Å². The highest BCUT2D eigenvalue weighted by molar-refractivity contribution is 7.80. The minimum atomic E-state index is -0.119. The van der Waals surface area contributed by atoms with Crippen molar-refractivity contribution < 1.29 is 4.74 Å². The Morgan fingerprint density at radius 3 is 2.47 bits per heavy atom. The van der Waals surface area contributed by atoms with Crippen molar-refractivity contribution in [1.82, 2.24) is 19.9 Å². The zero-order valence-electron chi connectivity index (χ0n) is 17.6. The summed E-state index contributed by atoms with van der Waals surface area (Å²) >= 11 is 5.84. The van der Waals surface area contributed by atoms with E-state index in [2.05, 4.69) is 43.1 Å². The van der Waals surface area contributed by atoms with Crippen LogP contribution < -0.4 is 15.0 Å². The lowest BCUT2D eigenvalue weighted by Gasteiger charge is -2.29. The Bertz CT molecular complexity index is 1210. The molecule has 5 rings (SSSR count). The first-order valence-corrected chi connectivity index (χ1v) is 10.9. The molecule has 2 atom stereocenters. The van der Waals surface area contributed by atoms with Gasteiger partial charge < -0.3 is 19.5 Å². The molecule has 0 saturated carbocycles. The zero-order valence-corrected chi connectivity index (χ0v) is 18.4. The van der Waals surface area contributed by atoms with Crippen molar-refractivity contribution in [1.29, 1.82) is 0 Å². The van der Waals surface area contributed by atoms with Gasteiger partial charge in [-0.15, -0.1) is 0 Å². The van der Waals surface area contributed by atoms with Crippen LogP contribution in [0.15, 0.2) is 91.4 Å². The number of aromatic nitrogens is 3. The zero-order chi connectivity index (χ0) is 21.9. The van der Waals surface area contributed by atoms with Gasteiger partial charge in [0.1, 0.15) is 11.8 Å². The number of nitrogens with one attached hydrogen (secondary N) is 1. The Morgan fingerprint density at radius 1 is 0.938 bits per heavy atom. The molecule has 1 aliphatic rings. The van der Waals surface area contributed by atoms with Crippen molar-refractivity contribution in [3.8, 4) is 5.75 Å². The molecular formula is C25H23N5OS. The lowest BCUT2D eigenvalue weighted by Crippen LogP contribution is -2.30. The number of para-hydroxylation sites is 2. The van der Waals surface area contributed by atoms with Gasteiger partial charge in [-0.3, -0.25) is 9.97 Å². The van der Waals surface area contributed by atoms with E-state index >= 15 is 0 Å². The minimum Gasteiger partial charge on any atom is -0.495 e. The Morgan fingerprint density at radius 2 is 1.72 bits per heavy atom. The van der Waals surface area contributed by atoms with Crippen LogP contribution in [0.25, 0.3) is 0 Å². The van der Waals surface area contributed by atoms with Gasteiger partial charge in [-0.1, -0.05) is 24.3 Å². The van der Waals surface area contributed by atoms with Crippen LogP contribution in [0.2, 0.25) is 0 Å². The predicted octanol–water partition coefficient (Wildman–Crippen LogP) is 4.51. The van der Waals surface area contributed by atoms with Crippen molar-refractivity contribution in [2.75, 3.05) is 12.0 Å². The molecular weight excluding hydrogens is 418 g/mol. The molecule has 1 saturated heterocycles. The summed E-state index contributed by atoms with van der Waals surface area (Å²) in [4.78, 5) is 11.3. The van der Waals surface area contributed by atoms with E-state index in [0.717, 1.165) is 28.5 Å². The fourth-order valence-corrected chi connectivity index (χ4v) is 4.59. The quantitative estimate of drug-likeness (QED) is 0.444. The maximum absolute atomic E-state index is 5.84. The minimum absolute atomic E-state index is 0.118. The number of methoxy groups -OCH3 is 1. The molecule has 1 aromatic carbocycles. The van der Waals surface area contributed by atoms with E-state index in [1.54, 1.807) is 7.11 Å². The third-order valence-electron chi connectivity index (χ3n) is 5.67. The van der Waals surface area contributed by atoms with Crippen LogP contribution in [-0.2, 0) is 6.54 Å². The normalized spacial score (nSPS) is 17.9. The number of pyridine rings is 2. The monoisotopic (exact) mass is 441 g/mol. The average molecular weight is 442 g/mol. The summed E-state index contributed by atoms with van der Waals surface area (Å²) < 4.78 is 7.90. The highest BCUT2D eigenvalue weighted by atomic mass is 32.1. The van der Waals surface area contributed by atoms with Crippen molar-refractivity contribution in [2.45, 2.75) is 18.6 Å². The third-order valence-corrected chi connectivity index (χ3v) is 5.98. The van der Waals surface area contributed by atoms with Crippen LogP contribution in [0.4, 0.5) is 5.69 Å². The van der Waals surface area contributed by atoms with Gasteiger partial charge in [0.25, 0.3) is 0 Å². The summed E-state index contributed by atoms with van der Waals surface area (Å²) in [7, 11) is 1.68. The highest BCUT2D eigenvalue weighted by Gasteiger charge is 2.42. The standard InChI is InChI=1S/C25H23N5OS/c1-31-22-13-3-2-11-20(22)30-24(23(28-25(30)32)19-10-5-7-15-27-19)21-12-8-16-29(21)17-18-9-4-6-14-26-18/h2-16,23-24H,17H2,1H3,(H,28,32). The first kappa shape index (κ1) is 20.2. The molecule has 0 bridgehead atoms. The maximum Gasteiger partial charge on any atom is 0.174 e. The Labute approximate surface area is 192 Å². The van der Waals surface area contributed by atoms with E-state index in [0.29, 0.717) is 11.7 Å². The topological polar surface area (TPSA) is 55.2 Å². The summed E-state index contributed by atoms with van der Waals surface area (Å²) in [5, 5.41) is 4.15. The summed E-state index contributed by atoms with van der Waals surface area (Å²) in [6.45, 7) is 0.668. The molecule has 6 nitrogen and oxygen atoms in total. The van der Waals surface area contributed by atoms with Crippen LogP contribution >= 0.6 is 12.2 Å². The van der Waals surface area contributed by atoms with E-state index in [-0.39, 0.29) is 12.1 Å². The van der Waals surface area contributed by atoms with Gasteiger partial charge in [0.05, 0.1) is 36.8 Å². The molecule has 3 aromatic heterocycles. The van der Waals surface area contributed by atoms with Crippen molar-refractivity contribution in [2.24, 2.45) is 0 Å². The molecule has 1 fully saturated rings. The molecule has 1 N–H and O–H groups in total.